The fourth-order valence-electron chi connectivity index (χ4n) is 1.45. The van der Waals surface area contributed by atoms with Crippen LogP contribution in [0.5, 0.6) is 5.75 Å². The van der Waals surface area contributed by atoms with E-state index in [1.807, 2.05) is 24.3 Å². The Bertz CT molecular complexity index is 363. The zero-order valence-corrected chi connectivity index (χ0v) is 9.81. The summed E-state index contributed by atoms with van der Waals surface area (Å²) in [5.74, 6) is 6.50. The maximum absolute atomic E-state index is 5.96. The Hall–Kier alpha value is -1.68. The number of hydrogen-bond acceptors (Lipinski definition) is 4. The van der Waals surface area contributed by atoms with Crippen LogP contribution in [-0.2, 0) is 0 Å². The van der Waals surface area contributed by atoms with Crippen molar-refractivity contribution in [1.29, 1.82) is 0 Å². The van der Waals surface area contributed by atoms with Crippen LogP contribution in [0.25, 0.3) is 5.70 Å². The summed E-state index contributed by atoms with van der Waals surface area (Å²) in [6.07, 6.45) is 2.70. The fraction of sp³-hybridized carbons (Fsp3) is 0.333. The molecule has 0 fully saturated rings. The molecule has 0 aromatic heterocycles. The number of nitrogens with zero attached hydrogens (tertiary/aromatic N) is 1. The Morgan fingerprint density at radius 1 is 1.44 bits per heavy atom. The summed E-state index contributed by atoms with van der Waals surface area (Å²) in [4.78, 5) is 0. The van der Waals surface area contributed by atoms with Crippen LogP contribution in [0.3, 0.4) is 0 Å². The number of hydrogen-bond donors (Lipinski definition) is 2. The van der Waals surface area contributed by atoms with Crippen LogP contribution in [0.4, 0.5) is 0 Å². The molecule has 1 aromatic carbocycles. The zero-order valence-electron chi connectivity index (χ0n) is 9.81. The van der Waals surface area contributed by atoms with Crippen LogP contribution < -0.4 is 16.3 Å². The zero-order chi connectivity index (χ0) is 12.0. The molecule has 0 aliphatic heterocycles. The summed E-state index contributed by atoms with van der Waals surface area (Å²) in [7, 11) is 1.62. The van der Waals surface area contributed by atoms with Gasteiger partial charge in [0.15, 0.2) is 0 Å². The lowest BCUT2D eigenvalue weighted by Gasteiger charge is -2.14. The molecule has 4 nitrogen and oxygen atoms in total. The number of nitrogens with two attached hydrogens (primary N) is 2. The first-order valence-electron chi connectivity index (χ1n) is 5.31. The summed E-state index contributed by atoms with van der Waals surface area (Å²) in [5, 5.41) is 1.59. The van der Waals surface area contributed by atoms with Crippen molar-refractivity contribution in [2.24, 2.45) is 11.6 Å². The molecule has 0 atom stereocenters. The lowest BCUT2D eigenvalue weighted by molar-refractivity contribution is 0.393. The number of ether oxygens (including phenoxy) is 1. The normalized spacial score (nSPS) is 11.3. The van der Waals surface area contributed by atoms with Gasteiger partial charge in [-0.3, -0.25) is 0 Å². The van der Waals surface area contributed by atoms with Crippen molar-refractivity contribution in [1.82, 2.24) is 5.01 Å². The quantitative estimate of drug-likeness (QED) is 0.584. The Balaban J connectivity index is 2.90. The van der Waals surface area contributed by atoms with Crippen LogP contribution in [0.15, 0.2) is 30.5 Å². The predicted octanol–water partition coefficient (Wildman–Crippen LogP) is 1.54. The van der Waals surface area contributed by atoms with Gasteiger partial charge in [0.2, 0.25) is 0 Å². The minimum Gasteiger partial charge on any atom is -0.496 e. The van der Waals surface area contributed by atoms with E-state index in [9.17, 15) is 0 Å². The summed E-state index contributed by atoms with van der Waals surface area (Å²) < 4.78 is 5.23. The molecule has 0 spiro atoms. The van der Waals surface area contributed by atoms with Crippen molar-refractivity contribution in [2.45, 2.75) is 13.3 Å². The molecular formula is C12H19N3O. The summed E-state index contributed by atoms with van der Waals surface area (Å²) in [6.45, 7) is 2.84. The van der Waals surface area contributed by atoms with Gasteiger partial charge in [-0.25, -0.2) is 5.84 Å². The maximum atomic E-state index is 5.96. The minimum atomic E-state index is 0.605. The highest BCUT2D eigenvalue weighted by molar-refractivity contribution is 5.67. The van der Waals surface area contributed by atoms with Gasteiger partial charge in [-0.1, -0.05) is 19.1 Å². The van der Waals surface area contributed by atoms with E-state index in [2.05, 4.69) is 6.92 Å². The van der Waals surface area contributed by atoms with E-state index in [-0.39, 0.29) is 0 Å². The fourth-order valence-corrected chi connectivity index (χ4v) is 1.45. The monoisotopic (exact) mass is 221 g/mol. The Kier molecular flexibility index (Phi) is 4.66. The van der Waals surface area contributed by atoms with Crippen LogP contribution in [-0.4, -0.2) is 18.7 Å². The van der Waals surface area contributed by atoms with Gasteiger partial charge in [0.25, 0.3) is 0 Å². The Morgan fingerprint density at radius 2 is 2.12 bits per heavy atom. The third-order valence-electron chi connectivity index (χ3n) is 2.20. The average Bonchev–Trinajstić information content (AvgIpc) is 2.29. The SMILES string of the molecule is CCCN(N)/C=C(\N)c1ccccc1OC. The highest BCUT2D eigenvalue weighted by Crippen LogP contribution is 2.22. The van der Waals surface area contributed by atoms with Gasteiger partial charge in [-0.05, 0) is 18.6 Å². The molecule has 0 aliphatic rings. The van der Waals surface area contributed by atoms with Gasteiger partial charge < -0.3 is 15.5 Å². The highest BCUT2D eigenvalue weighted by atomic mass is 16.5. The number of para-hydroxylation sites is 1. The molecule has 0 unspecified atom stereocenters. The first-order valence-corrected chi connectivity index (χ1v) is 5.31. The molecule has 0 radical (unpaired) electrons. The molecule has 4 N–H and O–H groups in total. The van der Waals surface area contributed by atoms with Crippen LogP contribution >= 0.6 is 0 Å². The molecule has 0 bridgehead atoms. The molecule has 0 heterocycles. The van der Waals surface area contributed by atoms with Crippen LogP contribution in [0, 0.1) is 0 Å². The molecule has 0 saturated heterocycles. The van der Waals surface area contributed by atoms with Gasteiger partial charge in [-0.15, -0.1) is 0 Å². The molecule has 1 rings (SSSR count). The van der Waals surface area contributed by atoms with E-state index in [4.69, 9.17) is 16.3 Å². The third-order valence-corrected chi connectivity index (χ3v) is 2.20. The van der Waals surface area contributed by atoms with Crippen molar-refractivity contribution >= 4 is 5.70 Å². The number of hydrazine groups is 1. The van der Waals surface area contributed by atoms with E-state index in [1.165, 1.54) is 0 Å². The lowest BCUT2D eigenvalue weighted by Crippen LogP contribution is -2.26. The molecule has 88 valence electrons. The highest BCUT2D eigenvalue weighted by Gasteiger charge is 2.04. The molecular weight excluding hydrogens is 202 g/mol. The van der Waals surface area contributed by atoms with Gasteiger partial charge in [0, 0.05) is 18.3 Å². The number of rotatable bonds is 5. The predicted molar refractivity (Wildman–Crippen MR) is 66.3 cm³/mol. The first kappa shape index (κ1) is 12.4. The van der Waals surface area contributed by atoms with E-state index in [0.29, 0.717) is 5.70 Å². The topological polar surface area (TPSA) is 64.5 Å². The number of methoxy groups -OCH3 is 1. The van der Waals surface area contributed by atoms with Gasteiger partial charge >= 0.3 is 0 Å². The van der Waals surface area contributed by atoms with E-state index in [0.717, 1.165) is 24.3 Å². The molecule has 4 heteroatoms. The van der Waals surface area contributed by atoms with Crippen molar-refractivity contribution < 1.29 is 4.74 Å². The van der Waals surface area contributed by atoms with Gasteiger partial charge in [0.1, 0.15) is 5.75 Å². The summed E-state index contributed by atoms with van der Waals surface area (Å²) in [6, 6.07) is 7.60. The Labute approximate surface area is 96.5 Å². The average molecular weight is 221 g/mol. The largest absolute Gasteiger partial charge is 0.496 e. The van der Waals surface area contributed by atoms with Gasteiger partial charge in [-0.2, -0.15) is 0 Å². The first-order chi connectivity index (χ1) is 7.69. The third kappa shape index (κ3) is 3.17. The number of benzene rings is 1. The lowest BCUT2D eigenvalue weighted by atomic mass is 10.1. The van der Waals surface area contributed by atoms with Crippen molar-refractivity contribution in [3.63, 3.8) is 0 Å². The molecule has 16 heavy (non-hydrogen) atoms. The van der Waals surface area contributed by atoms with Crippen molar-refractivity contribution in [3.05, 3.63) is 36.0 Å². The summed E-state index contributed by atoms with van der Waals surface area (Å²) in [5.41, 5.74) is 7.42. The van der Waals surface area contributed by atoms with Crippen molar-refractivity contribution in [3.8, 4) is 5.75 Å². The maximum Gasteiger partial charge on any atom is 0.128 e. The molecule has 0 amide bonds. The van der Waals surface area contributed by atoms with E-state index < -0.39 is 0 Å². The molecule has 0 aliphatic carbocycles. The minimum absolute atomic E-state index is 0.605. The Morgan fingerprint density at radius 3 is 2.75 bits per heavy atom. The smallest absolute Gasteiger partial charge is 0.128 e. The standard InChI is InChI=1S/C12H19N3O/c1-3-8-15(14)9-11(13)10-6-4-5-7-12(10)16-2/h4-7,9H,3,8,13-14H2,1-2H3/b11-9-. The van der Waals surface area contributed by atoms with Gasteiger partial charge in [0.05, 0.1) is 12.8 Å². The van der Waals surface area contributed by atoms with Crippen molar-refractivity contribution in [2.75, 3.05) is 13.7 Å². The van der Waals surface area contributed by atoms with E-state index >= 15 is 0 Å². The second kappa shape index (κ2) is 6.02. The van der Waals surface area contributed by atoms with E-state index in [1.54, 1.807) is 18.3 Å². The molecule has 1 aromatic rings. The van der Waals surface area contributed by atoms with Crippen LogP contribution in [0.1, 0.15) is 18.9 Å². The second-order valence-corrected chi connectivity index (χ2v) is 3.52. The summed E-state index contributed by atoms with van der Waals surface area (Å²) >= 11 is 0. The van der Waals surface area contributed by atoms with Crippen LogP contribution in [0.2, 0.25) is 0 Å². The molecule has 0 saturated carbocycles. The second-order valence-electron chi connectivity index (χ2n) is 3.52.